The smallest absolute Gasteiger partial charge is 0.278 e. The number of halogens is 1. The van der Waals surface area contributed by atoms with Gasteiger partial charge in [-0.3, -0.25) is 24.5 Å². The normalized spacial score (nSPS) is 11.4. The molecule has 8 heterocycles. The lowest BCUT2D eigenvalue weighted by Crippen LogP contribution is -1.97. The summed E-state index contributed by atoms with van der Waals surface area (Å²) >= 11 is 0. The Hall–Kier alpha value is -17.3. The van der Waals surface area contributed by atoms with Crippen LogP contribution in [-0.4, -0.2) is 52.0 Å². The van der Waals surface area contributed by atoms with Crippen LogP contribution in [0.3, 0.4) is 0 Å². The highest BCUT2D eigenvalue weighted by Crippen LogP contribution is 2.43. The molecule has 0 saturated carbocycles. The number of aryl methyl sites for hydroxylation is 6. The fourth-order valence-electron chi connectivity index (χ4n) is 17.5. The fraction of sp³-hybridized carbons (Fsp3) is 0.0619. The van der Waals surface area contributed by atoms with E-state index < -0.39 is 0 Å². The number of anilines is 4. The second kappa shape index (κ2) is 35.3. The Morgan fingerprint density at radius 3 is 1.21 bits per heavy atom. The third-order valence-electron chi connectivity index (χ3n) is 24.1. The summed E-state index contributed by atoms with van der Waals surface area (Å²) in [7, 11) is 0.500. The number of azo groups is 1. The molecular formula is C113H86FN15O2. The molecule has 0 aliphatic rings. The van der Waals surface area contributed by atoms with E-state index in [1.54, 1.807) is 18.3 Å². The van der Waals surface area contributed by atoms with Gasteiger partial charge < -0.3 is 22.9 Å². The Morgan fingerprint density at radius 2 is 0.649 bits per heavy atom. The Bertz CT molecular complexity index is 8800. The highest BCUT2D eigenvalue weighted by atomic mass is 19.1. The number of fused-ring (bicyclic) bond motifs is 24. The maximum Gasteiger partial charge on any atom is 0.278 e. The van der Waals surface area contributed by atoms with Gasteiger partial charge >= 0.3 is 0 Å². The lowest BCUT2D eigenvalue weighted by molar-refractivity contribution is -0.382. The highest BCUT2D eigenvalue weighted by Gasteiger charge is 2.21. The van der Waals surface area contributed by atoms with Crippen LogP contribution in [0.5, 0.6) is 0 Å². The number of nitrogen functional groups attached to an aromatic ring is 4. The minimum Gasteiger partial charge on any atom is -0.398 e. The SMILES string of the molecule is CF.Cc1c2ccccc2nc2c1ccc1ccccc12.Cc1ccc2nc3c(cc(N=Nc4ccccc4)c4ccccc43)c(N)c2c1.Cc1ccc2nc3c(cc([N+](=O)[O-])c4ccccc43)c(N)c2c1.Cc1ccc2nc3c(ccc4ccccc43)c(N)c2c1.Cc1ccc2nc3c(ccc4cccnc43)c(N)c2c1.Cc1ccc2nc3c(cnc4ccccc43)cc2c1. The monoisotopic (exact) mass is 1700 g/mol. The summed E-state index contributed by atoms with van der Waals surface area (Å²) in [5.41, 5.74) is 50.4. The first-order chi connectivity index (χ1) is 63.9. The molecule has 131 heavy (non-hydrogen) atoms. The zero-order valence-electron chi connectivity index (χ0n) is 72.8. The first-order valence-electron chi connectivity index (χ1n) is 42.9. The minimum absolute atomic E-state index is 0.0496. The van der Waals surface area contributed by atoms with Crippen molar-refractivity contribution in [1.82, 2.24) is 39.9 Å². The average molecular weight is 1710 g/mol. The summed E-state index contributed by atoms with van der Waals surface area (Å²) in [6.07, 6.45) is 3.70. The van der Waals surface area contributed by atoms with Crippen molar-refractivity contribution in [3.8, 4) is 0 Å². The average Bonchev–Trinajstić information content (AvgIpc) is 0.738. The Labute approximate surface area is 751 Å². The van der Waals surface area contributed by atoms with Gasteiger partial charge in [-0.05, 0) is 173 Å². The van der Waals surface area contributed by atoms with Crippen molar-refractivity contribution >= 4 is 236 Å². The number of pyridine rings is 8. The third kappa shape index (κ3) is 16.0. The summed E-state index contributed by atoms with van der Waals surface area (Å²) in [5.74, 6) is 0. The third-order valence-corrected chi connectivity index (χ3v) is 24.1. The number of non-ortho nitro benzene ring substituents is 1. The van der Waals surface area contributed by atoms with Crippen LogP contribution in [0.2, 0.25) is 0 Å². The zero-order chi connectivity index (χ0) is 90.2. The van der Waals surface area contributed by atoms with E-state index in [9.17, 15) is 14.5 Å². The molecule has 0 radical (unpaired) electrons. The lowest BCUT2D eigenvalue weighted by Gasteiger charge is -2.11. The number of hydrogen-bond acceptors (Lipinski definition) is 16. The highest BCUT2D eigenvalue weighted by molar-refractivity contribution is 6.22. The number of nitrogens with zero attached hydrogens (tertiary/aromatic N) is 11. The van der Waals surface area contributed by atoms with Crippen molar-refractivity contribution in [3.05, 3.63) is 390 Å². The summed E-state index contributed by atoms with van der Waals surface area (Å²) in [5, 5.41) is 42.8. The molecule has 0 saturated heterocycles. The molecule has 632 valence electrons. The Morgan fingerprint density at radius 1 is 0.260 bits per heavy atom. The van der Waals surface area contributed by atoms with Gasteiger partial charge in [0.25, 0.3) is 5.69 Å². The van der Waals surface area contributed by atoms with Gasteiger partial charge in [-0.15, -0.1) is 5.11 Å². The lowest BCUT2D eigenvalue weighted by atomic mass is 10.00. The van der Waals surface area contributed by atoms with Crippen molar-refractivity contribution in [2.24, 2.45) is 10.2 Å². The number of hydrogen-bond donors (Lipinski definition) is 4. The number of nitrogens with two attached hydrogens (primary N) is 4. The largest absolute Gasteiger partial charge is 0.398 e. The number of alkyl halides is 1. The van der Waals surface area contributed by atoms with Crippen molar-refractivity contribution in [1.29, 1.82) is 0 Å². The van der Waals surface area contributed by atoms with Gasteiger partial charge in [0.05, 0.1) is 129 Å². The molecule has 0 aliphatic heterocycles. The van der Waals surface area contributed by atoms with E-state index in [-0.39, 0.29) is 10.6 Å². The number of aromatic nitrogens is 8. The molecule has 8 N–H and O–H groups in total. The molecule has 0 amide bonds. The van der Waals surface area contributed by atoms with E-state index in [1.165, 1.54) is 60.6 Å². The van der Waals surface area contributed by atoms with E-state index in [0.717, 1.165) is 187 Å². The first-order valence-corrected chi connectivity index (χ1v) is 42.9. The predicted octanol–water partition coefficient (Wildman–Crippen LogP) is 29.1. The quantitative estimate of drug-likeness (QED) is 0.0421. The van der Waals surface area contributed by atoms with Crippen LogP contribution in [0.1, 0.15) is 33.4 Å². The van der Waals surface area contributed by atoms with Crippen LogP contribution in [0.15, 0.2) is 356 Å². The standard InChI is InChI=1S/C24H18N4.C18H13N3O2.C18H14N2.C18H13N.C17H13N3.C17H12N2.CH3F/c1-15-11-12-21-19(13-15)23(25)20-14-22(28-27-16-7-3-2-4-8-16)17-9-5-6-10-18(17)24(20)26-21;1-10-6-7-15-13(8-10)17(19)14-9-16(21(22)23)11-4-2-3-5-12(11)18(14)20-15;1-11-6-9-16-15(10-11)17(19)14-8-7-12-4-2-3-5-13(12)18(14)20-16;1-12-14-7-4-5-9-17(14)19-18-15(12)11-10-13-6-2-3-8-16(13)18;1-10-4-7-14-13(9-10)15(18)12-6-5-11-3-2-8-19-16(11)17(12)20-14;1-11-6-7-15-12(8-11)9-13-10-18-16-5-3-2-4-14(16)17(13)19-15;1-2/h2-14H,1H3,(H2,25,26);2-9H,1H3,(H2,19,20);2-10H,1H3,(H2,19,20);2-11H,1H3;2-9H,1H3,(H2,18,20);2-10H,1H3;1H3. The van der Waals surface area contributed by atoms with Gasteiger partial charge in [0.15, 0.2) is 0 Å². The number of rotatable bonds is 3. The van der Waals surface area contributed by atoms with Crippen LogP contribution in [0, 0.1) is 51.7 Å². The number of nitro groups is 1. The number of para-hydroxylation sites is 2. The van der Waals surface area contributed by atoms with Crippen molar-refractivity contribution in [2.75, 3.05) is 30.1 Å². The molecule has 0 spiro atoms. The maximum absolute atomic E-state index is 11.4. The van der Waals surface area contributed by atoms with Gasteiger partial charge in [0, 0.05) is 121 Å². The minimum atomic E-state index is -0.373. The predicted molar refractivity (Wildman–Crippen MR) is 546 cm³/mol. The summed E-state index contributed by atoms with van der Waals surface area (Å²) in [6, 6.07) is 111. The van der Waals surface area contributed by atoms with E-state index in [2.05, 4.69) is 206 Å². The van der Waals surface area contributed by atoms with Gasteiger partial charge in [0.2, 0.25) is 0 Å². The Balaban J connectivity index is 0.000000102. The van der Waals surface area contributed by atoms with Gasteiger partial charge in [0.1, 0.15) is 0 Å². The van der Waals surface area contributed by atoms with Crippen molar-refractivity contribution in [2.45, 2.75) is 41.5 Å². The molecule has 8 aromatic heterocycles. The van der Waals surface area contributed by atoms with E-state index in [0.29, 0.717) is 29.2 Å². The first kappa shape index (κ1) is 83.3. The molecule has 0 fully saturated rings. The summed E-state index contributed by atoms with van der Waals surface area (Å²) < 4.78 is 9.50. The Kier molecular flexibility index (Phi) is 22.4. The fourth-order valence-corrected chi connectivity index (χ4v) is 17.5. The van der Waals surface area contributed by atoms with Crippen LogP contribution in [0.4, 0.5) is 44.2 Å². The second-order valence-electron chi connectivity index (χ2n) is 32.7. The number of nitro benzene ring substituents is 1. The van der Waals surface area contributed by atoms with Crippen LogP contribution in [0.25, 0.3) is 196 Å². The molecule has 25 rings (SSSR count). The van der Waals surface area contributed by atoms with Gasteiger partial charge in [-0.25, -0.2) is 29.9 Å². The van der Waals surface area contributed by atoms with Crippen LogP contribution < -0.4 is 22.9 Å². The molecule has 0 unspecified atom stereocenters. The molecule has 17 nitrogen and oxygen atoms in total. The molecule has 17 aromatic carbocycles. The van der Waals surface area contributed by atoms with E-state index in [1.807, 2.05) is 177 Å². The molecule has 18 heteroatoms. The molecular weight excluding hydrogens is 1620 g/mol. The van der Waals surface area contributed by atoms with E-state index >= 15 is 0 Å². The van der Waals surface area contributed by atoms with E-state index in [4.69, 9.17) is 52.8 Å². The number of benzene rings is 17. The topological polar surface area (TPSA) is 275 Å². The van der Waals surface area contributed by atoms with Crippen molar-refractivity contribution < 1.29 is 9.31 Å². The summed E-state index contributed by atoms with van der Waals surface area (Å²) in [6.45, 7) is 12.5. The molecule has 25 aromatic rings. The van der Waals surface area contributed by atoms with Crippen LogP contribution in [-0.2, 0) is 0 Å². The second-order valence-corrected chi connectivity index (χ2v) is 32.7. The maximum atomic E-state index is 11.4. The summed E-state index contributed by atoms with van der Waals surface area (Å²) in [4.78, 5) is 48.9. The molecule has 0 bridgehead atoms. The van der Waals surface area contributed by atoms with Crippen LogP contribution >= 0.6 is 0 Å². The zero-order valence-corrected chi connectivity index (χ0v) is 72.8. The van der Waals surface area contributed by atoms with Gasteiger partial charge in [-0.2, -0.15) is 5.11 Å². The molecule has 0 aliphatic carbocycles. The molecule has 0 atom stereocenters. The van der Waals surface area contributed by atoms with Crippen molar-refractivity contribution in [3.63, 3.8) is 0 Å². The van der Waals surface area contributed by atoms with Gasteiger partial charge in [-0.1, -0.05) is 240 Å².